The van der Waals surface area contributed by atoms with Gasteiger partial charge in [0.15, 0.2) is 0 Å². The van der Waals surface area contributed by atoms with Gasteiger partial charge in [-0.3, -0.25) is 39.9 Å². The second-order valence-corrected chi connectivity index (χ2v) is 17.2. The fourth-order valence-electron chi connectivity index (χ4n) is 7.48. The van der Waals surface area contributed by atoms with Crippen LogP contribution in [-0.2, 0) is 0 Å². The van der Waals surface area contributed by atoms with E-state index < -0.39 is 0 Å². The van der Waals surface area contributed by atoms with E-state index >= 15 is 0 Å². The maximum absolute atomic E-state index is 4.03. The summed E-state index contributed by atoms with van der Waals surface area (Å²) in [6, 6.07) is 64.1. The Hall–Kier alpha value is -11.7. The molecule has 0 aliphatic rings. The van der Waals surface area contributed by atoms with E-state index in [4.69, 9.17) is 0 Å². The Morgan fingerprint density at radius 3 is 0.412 bits per heavy atom. The van der Waals surface area contributed by atoms with Crippen LogP contribution in [0.3, 0.4) is 0 Å². The molecule has 8 heterocycles. The van der Waals surface area contributed by atoms with Gasteiger partial charge < -0.3 is 0 Å². The summed E-state index contributed by atoms with van der Waals surface area (Å²) in [5.41, 5.74) is 17.2. The summed E-state index contributed by atoms with van der Waals surface area (Å²) in [6.07, 6.45) is 28.3. The van der Waals surface area contributed by atoms with Crippen LogP contribution < -0.4 is 0 Å². The number of rotatable bonds is 4. The van der Waals surface area contributed by atoms with Crippen LogP contribution in [0, 0.1) is 47.4 Å². The van der Waals surface area contributed by atoms with E-state index in [0.717, 1.165) is 55.6 Å². The average Bonchev–Trinajstić information content (AvgIpc) is 3.56. The van der Waals surface area contributed by atoms with Crippen molar-refractivity contribution in [2.24, 2.45) is 0 Å². The highest BCUT2D eigenvalue weighted by Gasteiger charge is 2.01. The molecule has 0 bridgehead atoms. The lowest BCUT2D eigenvalue weighted by atomic mass is 10.0. The van der Waals surface area contributed by atoms with E-state index in [1.54, 1.807) is 74.4 Å². The van der Waals surface area contributed by atoms with Crippen LogP contribution >= 0.6 is 0 Å². The molecule has 4 aromatic carbocycles. The van der Waals surface area contributed by atoms with Gasteiger partial charge in [-0.2, -0.15) is 0 Å². The summed E-state index contributed by atoms with van der Waals surface area (Å²) in [4.78, 5) is 31.9. The summed E-state index contributed by atoms with van der Waals surface area (Å²) in [7, 11) is 0. The zero-order valence-corrected chi connectivity index (χ0v) is 43.3. The van der Waals surface area contributed by atoms with Crippen molar-refractivity contribution in [3.63, 3.8) is 0 Å². The number of hydrogen-bond donors (Lipinski definition) is 0. The lowest BCUT2D eigenvalue weighted by Gasteiger charge is -2.04. The Bertz CT molecular complexity index is 3770. The molecular weight excluding hydrogens is 977 g/mol. The molecule has 80 heavy (non-hydrogen) atoms. The van der Waals surface area contributed by atoms with Gasteiger partial charge in [0.1, 0.15) is 0 Å². The standard InChI is InChI=1S/C26H16N2.C20H12N2.C16H12N2.C10H8N2/c1(3-23-13-17-27-18-14-23)21-5-9-25(10-6-21)26-11-7-22(8-12-26)2-4-24-15-19-28-20-16-24;1-2-18(6-8-20-11-15-22-16-12-20)4-3-17(1)5-7-19-9-13-21-14-10-19;1-2-14(16-7-11-18-12-8-16)4-3-13(1)15-5-9-17-10-6-15;1-5-11-6-2-9(1)10-3-7-12-8-4-10/h5-20H;1-4,9-16H;1-12H;1-8H. The highest BCUT2D eigenvalue weighted by molar-refractivity contribution is 5.70. The molecule has 0 atom stereocenters. The van der Waals surface area contributed by atoms with Crippen LogP contribution in [0.2, 0.25) is 0 Å². The maximum Gasteiger partial charge on any atom is 0.0280 e. The molecule has 376 valence electrons. The van der Waals surface area contributed by atoms with Crippen molar-refractivity contribution in [3.05, 3.63) is 338 Å². The van der Waals surface area contributed by atoms with Crippen LogP contribution in [0.4, 0.5) is 0 Å². The predicted octanol–water partition coefficient (Wildman–Crippen LogP) is 14.2. The first-order valence-corrected chi connectivity index (χ1v) is 25.4. The molecule has 0 aliphatic carbocycles. The third-order valence-corrected chi connectivity index (χ3v) is 11.7. The maximum atomic E-state index is 4.03. The van der Waals surface area contributed by atoms with Gasteiger partial charge in [0.05, 0.1) is 0 Å². The molecule has 0 N–H and O–H groups in total. The van der Waals surface area contributed by atoms with Crippen molar-refractivity contribution in [3.8, 4) is 91.9 Å². The number of pyridine rings is 8. The van der Waals surface area contributed by atoms with Gasteiger partial charge in [0.25, 0.3) is 0 Å². The van der Waals surface area contributed by atoms with E-state index in [9.17, 15) is 0 Å². The highest BCUT2D eigenvalue weighted by atomic mass is 14.6. The zero-order chi connectivity index (χ0) is 54.5. The first kappa shape index (κ1) is 53.2. The summed E-state index contributed by atoms with van der Waals surface area (Å²) in [5.74, 6) is 25.1. The minimum absolute atomic E-state index is 0.955. The van der Waals surface area contributed by atoms with Gasteiger partial charge in [0, 0.05) is 144 Å². The van der Waals surface area contributed by atoms with Crippen molar-refractivity contribution >= 4 is 0 Å². The molecule has 0 saturated carbocycles. The minimum Gasteiger partial charge on any atom is -0.265 e. The fourth-order valence-corrected chi connectivity index (χ4v) is 7.48. The normalized spacial score (nSPS) is 9.60. The monoisotopic (exact) mass is 1020 g/mol. The summed E-state index contributed by atoms with van der Waals surface area (Å²) < 4.78 is 0. The topological polar surface area (TPSA) is 103 Å². The Morgan fingerprint density at radius 2 is 0.237 bits per heavy atom. The first-order chi connectivity index (χ1) is 39.7. The Morgan fingerprint density at radius 1 is 0.125 bits per heavy atom. The lowest BCUT2D eigenvalue weighted by molar-refractivity contribution is 1.31. The number of aromatic nitrogens is 8. The van der Waals surface area contributed by atoms with Gasteiger partial charge in [-0.15, -0.1) is 0 Å². The molecule has 0 aliphatic heterocycles. The summed E-state index contributed by atoms with van der Waals surface area (Å²) in [5, 5.41) is 0. The Labute approximate surface area is 467 Å². The minimum atomic E-state index is 0.955. The van der Waals surface area contributed by atoms with Crippen LogP contribution in [-0.4, -0.2) is 39.9 Å². The molecule has 0 amide bonds. The van der Waals surface area contributed by atoms with Crippen molar-refractivity contribution in [1.82, 2.24) is 39.9 Å². The quantitative estimate of drug-likeness (QED) is 0.161. The molecule has 8 nitrogen and oxygen atoms in total. The molecule has 8 aromatic heterocycles. The summed E-state index contributed by atoms with van der Waals surface area (Å²) in [6.45, 7) is 0. The number of hydrogen-bond acceptors (Lipinski definition) is 8. The third kappa shape index (κ3) is 17.2. The molecule has 0 spiro atoms. The fraction of sp³-hybridized carbons (Fsp3) is 0. The molecule has 0 saturated heterocycles. The second kappa shape index (κ2) is 29.4. The van der Waals surface area contributed by atoms with Gasteiger partial charge >= 0.3 is 0 Å². The van der Waals surface area contributed by atoms with E-state index in [1.807, 2.05) is 170 Å². The van der Waals surface area contributed by atoms with Crippen molar-refractivity contribution in [2.75, 3.05) is 0 Å². The number of nitrogens with zero attached hydrogens (tertiary/aromatic N) is 8. The van der Waals surface area contributed by atoms with Gasteiger partial charge in [-0.25, -0.2) is 0 Å². The van der Waals surface area contributed by atoms with E-state index in [-0.39, 0.29) is 0 Å². The van der Waals surface area contributed by atoms with Gasteiger partial charge in [-0.1, -0.05) is 95.9 Å². The smallest absolute Gasteiger partial charge is 0.0280 e. The van der Waals surface area contributed by atoms with Gasteiger partial charge in [-0.05, 0) is 190 Å². The molecule has 0 unspecified atom stereocenters. The first-order valence-electron chi connectivity index (χ1n) is 25.4. The second-order valence-electron chi connectivity index (χ2n) is 17.2. The van der Waals surface area contributed by atoms with Crippen molar-refractivity contribution in [1.29, 1.82) is 0 Å². The highest BCUT2D eigenvalue weighted by Crippen LogP contribution is 2.24. The molecule has 0 fully saturated rings. The lowest BCUT2D eigenvalue weighted by Crippen LogP contribution is -1.81. The van der Waals surface area contributed by atoms with Crippen LogP contribution in [0.25, 0.3) is 44.5 Å². The van der Waals surface area contributed by atoms with Crippen molar-refractivity contribution < 1.29 is 0 Å². The number of benzene rings is 4. The zero-order valence-electron chi connectivity index (χ0n) is 43.3. The predicted molar refractivity (Wildman–Crippen MR) is 320 cm³/mol. The molecule has 8 heteroatoms. The molecule has 12 aromatic rings. The SMILES string of the molecule is C(#Cc1ccc(-c2ccc(C#Cc3ccncc3)cc2)cc1)c1ccncc1.C(#Cc1ccc(C#Cc2ccncc2)cc1)c1ccncc1.c1cc(-c2ccc(-c3ccncc3)cc2)ccn1.c1cc(-c2ccncc2)ccn1. The van der Waals surface area contributed by atoms with Crippen LogP contribution in [0.1, 0.15) is 44.5 Å². The Balaban J connectivity index is 0.000000134. The van der Waals surface area contributed by atoms with Crippen LogP contribution in [0.5, 0.6) is 0 Å². The third-order valence-electron chi connectivity index (χ3n) is 11.7. The average molecular weight is 1030 g/mol. The molecule has 0 radical (unpaired) electrons. The van der Waals surface area contributed by atoms with Crippen molar-refractivity contribution in [2.45, 2.75) is 0 Å². The molecular formula is C72H48N8. The van der Waals surface area contributed by atoms with E-state index in [1.165, 1.54) is 33.4 Å². The van der Waals surface area contributed by atoms with Gasteiger partial charge in [0.2, 0.25) is 0 Å². The summed E-state index contributed by atoms with van der Waals surface area (Å²) >= 11 is 0. The van der Waals surface area contributed by atoms with E-state index in [0.29, 0.717) is 0 Å². The van der Waals surface area contributed by atoms with Crippen LogP contribution in [0.15, 0.2) is 293 Å². The van der Waals surface area contributed by atoms with E-state index in [2.05, 4.69) is 136 Å². The Kier molecular flexibility index (Phi) is 19.5. The largest absolute Gasteiger partial charge is 0.265 e. The molecule has 12 rings (SSSR count).